The number of nitrogens with zero attached hydrogens (tertiary/aromatic N) is 3. The standard InChI is InChI=1S/C20H18N4OS2/c1-13-10-18-22-23-20(24(18)17-9-4-3-8-16(13)17)27-12-19(25)21-14-6-5-7-15(11-14)26-2/h3-11H,12H2,1-2H3,(H,21,25). The number of aromatic nitrogens is 3. The Morgan fingerprint density at radius 2 is 1.96 bits per heavy atom. The lowest BCUT2D eigenvalue weighted by molar-refractivity contribution is -0.113. The molecule has 5 nitrogen and oxygen atoms in total. The molecule has 4 aromatic rings. The molecule has 0 fully saturated rings. The van der Waals surface area contributed by atoms with Crippen molar-refractivity contribution in [2.45, 2.75) is 17.0 Å². The van der Waals surface area contributed by atoms with Gasteiger partial charge in [-0.3, -0.25) is 9.20 Å². The molecule has 0 aliphatic carbocycles. The summed E-state index contributed by atoms with van der Waals surface area (Å²) >= 11 is 3.03. The van der Waals surface area contributed by atoms with Crippen LogP contribution in [0.2, 0.25) is 0 Å². The minimum Gasteiger partial charge on any atom is -0.325 e. The zero-order valence-electron chi connectivity index (χ0n) is 15.0. The van der Waals surface area contributed by atoms with E-state index in [2.05, 4.69) is 34.6 Å². The van der Waals surface area contributed by atoms with Crippen molar-refractivity contribution >= 4 is 51.7 Å². The van der Waals surface area contributed by atoms with Gasteiger partial charge in [0.25, 0.3) is 0 Å². The van der Waals surface area contributed by atoms with E-state index in [4.69, 9.17) is 0 Å². The van der Waals surface area contributed by atoms with Crippen LogP contribution < -0.4 is 5.32 Å². The first-order valence-corrected chi connectivity index (χ1v) is 10.7. The highest BCUT2D eigenvalue weighted by Crippen LogP contribution is 2.26. The van der Waals surface area contributed by atoms with E-state index in [-0.39, 0.29) is 11.7 Å². The fraction of sp³-hybridized carbons (Fsp3) is 0.150. The van der Waals surface area contributed by atoms with Crippen LogP contribution in [0, 0.1) is 6.92 Å². The molecular formula is C20H18N4OS2. The molecule has 0 saturated heterocycles. The maximum absolute atomic E-state index is 12.4. The van der Waals surface area contributed by atoms with Gasteiger partial charge < -0.3 is 5.32 Å². The van der Waals surface area contributed by atoms with Gasteiger partial charge in [-0.05, 0) is 49.1 Å². The zero-order chi connectivity index (χ0) is 18.8. The molecule has 0 unspecified atom stereocenters. The summed E-state index contributed by atoms with van der Waals surface area (Å²) in [5, 5.41) is 13.4. The van der Waals surface area contributed by atoms with Crippen LogP contribution in [0.3, 0.4) is 0 Å². The Hall–Kier alpha value is -2.51. The van der Waals surface area contributed by atoms with E-state index in [0.29, 0.717) is 5.16 Å². The van der Waals surface area contributed by atoms with Gasteiger partial charge >= 0.3 is 0 Å². The van der Waals surface area contributed by atoms with Crippen molar-refractivity contribution in [2.24, 2.45) is 0 Å². The van der Waals surface area contributed by atoms with Crippen LogP contribution in [0.15, 0.2) is 64.6 Å². The first-order chi connectivity index (χ1) is 13.2. The smallest absolute Gasteiger partial charge is 0.234 e. The lowest BCUT2D eigenvalue weighted by atomic mass is 10.1. The Morgan fingerprint density at radius 1 is 1.11 bits per heavy atom. The van der Waals surface area contributed by atoms with Gasteiger partial charge in [-0.25, -0.2) is 0 Å². The van der Waals surface area contributed by atoms with E-state index in [9.17, 15) is 4.79 Å². The van der Waals surface area contributed by atoms with Crippen LogP contribution in [0.25, 0.3) is 16.6 Å². The summed E-state index contributed by atoms with van der Waals surface area (Å²) < 4.78 is 2.01. The Morgan fingerprint density at radius 3 is 2.81 bits per heavy atom. The number of aryl methyl sites for hydroxylation is 1. The number of para-hydroxylation sites is 1. The number of hydrogen-bond acceptors (Lipinski definition) is 5. The molecule has 1 amide bonds. The SMILES string of the molecule is CSc1cccc(NC(=O)CSc2nnc3cc(C)c4ccccc4n23)c1. The lowest BCUT2D eigenvalue weighted by Gasteiger charge is -2.08. The van der Waals surface area contributed by atoms with Crippen LogP contribution in [0.4, 0.5) is 5.69 Å². The summed E-state index contributed by atoms with van der Waals surface area (Å²) in [6.45, 7) is 2.07. The van der Waals surface area contributed by atoms with Crippen molar-refractivity contribution in [1.29, 1.82) is 0 Å². The minimum absolute atomic E-state index is 0.0635. The van der Waals surface area contributed by atoms with E-state index in [0.717, 1.165) is 32.7 Å². The predicted octanol–water partition coefficient (Wildman–Crippen LogP) is 4.64. The average molecular weight is 395 g/mol. The van der Waals surface area contributed by atoms with E-state index in [1.54, 1.807) is 11.8 Å². The van der Waals surface area contributed by atoms with Gasteiger partial charge in [-0.1, -0.05) is 36.0 Å². The van der Waals surface area contributed by atoms with Crippen molar-refractivity contribution < 1.29 is 4.79 Å². The summed E-state index contributed by atoms with van der Waals surface area (Å²) in [6.07, 6.45) is 2.01. The molecule has 0 radical (unpaired) electrons. The highest BCUT2D eigenvalue weighted by Gasteiger charge is 2.13. The molecule has 0 atom stereocenters. The van der Waals surface area contributed by atoms with E-state index in [1.165, 1.54) is 11.8 Å². The van der Waals surface area contributed by atoms with E-state index >= 15 is 0 Å². The quantitative estimate of drug-likeness (QED) is 0.500. The third kappa shape index (κ3) is 3.65. The third-order valence-electron chi connectivity index (χ3n) is 4.26. The van der Waals surface area contributed by atoms with Gasteiger partial charge in [-0.2, -0.15) is 0 Å². The molecule has 27 heavy (non-hydrogen) atoms. The Labute approximate surface area is 165 Å². The fourth-order valence-corrected chi connectivity index (χ4v) is 4.21. The largest absolute Gasteiger partial charge is 0.325 e. The zero-order valence-corrected chi connectivity index (χ0v) is 16.6. The van der Waals surface area contributed by atoms with Gasteiger partial charge in [0.15, 0.2) is 10.8 Å². The molecule has 0 bridgehead atoms. The van der Waals surface area contributed by atoms with Gasteiger partial charge in [-0.15, -0.1) is 22.0 Å². The maximum Gasteiger partial charge on any atom is 0.234 e. The summed E-state index contributed by atoms with van der Waals surface area (Å²) in [4.78, 5) is 13.5. The number of rotatable bonds is 5. The third-order valence-corrected chi connectivity index (χ3v) is 5.91. The molecule has 0 spiro atoms. The van der Waals surface area contributed by atoms with Crippen molar-refractivity contribution in [3.05, 3.63) is 60.2 Å². The minimum atomic E-state index is -0.0635. The second-order valence-corrected chi connectivity index (χ2v) is 7.91. The molecule has 2 aromatic heterocycles. The molecule has 2 aromatic carbocycles. The van der Waals surface area contributed by atoms with Crippen molar-refractivity contribution in [3.8, 4) is 0 Å². The van der Waals surface area contributed by atoms with E-state index < -0.39 is 0 Å². The van der Waals surface area contributed by atoms with Crippen LogP contribution in [-0.2, 0) is 4.79 Å². The normalized spacial score (nSPS) is 11.2. The van der Waals surface area contributed by atoms with Crippen LogP contribution >= 0.6 is 23.5 Å². The average Bonchev–Trinajstić information content (AvgIpc) is 3.09. The highest BCUT2D eigenvalue weighted by atomic mass is 32.2. The summed E-state index contributed by atoms with van der Waals surface area (Å²) in [5.74, 6) is 0.207. The van der Waals surface area contributed by atoms with Crippen molar-refractivity contribution in [2.75, 3.05) is 17.3 Å². The Kier molecular flexibility index (Phi) is 5.05. The first kappa shape index (κ1) is 17.9. The predicted molar refractivity (Wildman–Crippen MR) is 113 cm³/mol. The lowest BCUT2D eigenvalue weighted by Crippen LogP contribution is -2.14. The number of carbonyl (C=O) groups excluding carboxylic acids is 1. The summed E-state index contributed by atoms with van der Waals surface area (Å²) in [7, 11) is 0. The maximum atomic E-state index is 12.4. The molecule has 1 N–H and O–H groups in total. The van der Waals surface area contributed by atoms with Crippen LogP contribution in [0.1, 0.15) is 5.56 Å². The number of nitrogens with one attached hydrogen (secondary N) is 1. The number of fused-ring (bicyclic) bond motifs is 3. The molecule has 0 aliphatic rings. The van der Waals surface area contributed by atoms with Gasteiger partial charge in [0.1, 0.15) is 0 Å². The number of benzene rings is 2. The first-order valence-electron chi connectivity index (χ1n) is 8.46. The Balaban J connectivity index is 1.55. The van der Waals surface area contributed by atoms with Crippen LogP contribution in [-0.4, -0.2) is 32.5 Å². The fourth-order valence-electron chi connectivity index (χ4n) is 3.00. The molecule has 7 heteroatoms. The summed E-state index contributed by atoms with van der Waals surface area (Å²) in [5.41, 5.74) is 3.81. The molecule has 0 saturated carbocycles. The van der Waals surface area contributed by atoms with Gasteiger partial charge in [0.2, 0.25) is 5.91 Å². The second-order valence-electron chi connectivity index (χ2n) is 6.09. The highest BCUT2D eigenvalue weighted by molar-refractivity contribution is 7.99. The Bertz CT molecular complexity index is 1140. The molecule has 136 valence electrons. The molecular weight excluding hydrogens is 376 g/mol. The molecule has 0 aliphatic heterocycles. The van der Waals surface area contributed by atoms with Crippen molar-refractivity contribution in [1.82, 2.24) is 14.6 Å². The monoisotopic (exact) mass is 394 g/mol. The topological polar surface area (TPSA) is 59.3 Å². The van der Waals surface area contributed by atoms with Crippen LogP contribution in [0.5, 0.6) is 0 Å². The number of thioether (sulfide) groups is 2. The second kappa shape index (κ2) is 7.62. The number of amides is 1. The van der Waals surface area contributed by atoms with Gasteiger partial charge in [0.05, 0.1) is 11.3 Å². The number of hydrogen-bond donors (Lipinski definition) is 1. The summed E-state index contributed by atoms with van der Waals surface area (Å²) in [6, 6.07) is 18.0. The number of pyridine rings is 1. The number of carbonyl (C=O) groups is 1. The van der Waals surface area contributed by atoms with Gasteiger partial charge in [0, 0.05) is 16.0 Å². The molecule has 4 rings (SSSR count). The van der Waals surface area contributed by atoms with Crippen molar-refractivity contribution in [3.63, 3.8) is 0 Å². The molecule has 2 heterocycles. The van der Waals surface area contributed by atoms with E-state index in [1.807, 2.05) is 53.1 Å². The number of anilines is 1.